The molecule has 2 fully saturated rings. The summed E-state index contributed by atoms with van der Waals surface area (Å²) in [5.74, 6) is 1.43. The van der Waals surface area contributed by atoms with Crippen LogP contribution in [0.25, 0.3) is 0 Å². The van der Waals surface area contributed by atoms with Crippen LogP contribution in [-0.4, -0.2) is 11.9 Å². The lowest BCUT2D eigenvalue weighted by atomic mass is 10.1. The molecule has 2 rings (SSSR count). The molecule has 2 heteroatoms. The first kappa shape index (κ1) is 9.04. The van der Waals surface area contributed by atoms with Crippen LogP contribution in [0.2, 0.25) is 0 Å². The maximum absolute atomic E-state index is 11.7. The molecule has 1 unspecified atom stereocenters. The number of nitrogens with one attached hydrogen (secondary N) is 1. The molecule has 0 spiro atoms. The van der Waals surface area contributed by atoms with Crippen LogP contribution in [0.15, 0.2) is 0 Å². The van der Waals surface area contributed by atoms with E-state index < -0.39 is 0 Å². The van der Waals surface area contributed by atoms with Gasteiger partial charge in [0.15, 0.2) is 0 Å². The van der Waals surface area contributed by atoms with E-state index in [1.165, 1.54) is 25.7 Å². The summed E-state index contributed by atoms with van der Waals surface area (Å²) < 4.78 is 0. The van der Waals surface area contributed by atoms with Gasteiger partial charge in [0, 0.05) is 12.0 Å². The Labute approximate surface area is 80.1 Å². The summed E-state index contributed by atoms with van der Waals surface area (Å²) in [5.41, 5.74) is 0. The van der Waals surface area contributed by atoms with Gasteiger partial charge in [-0.25, -0.2) is 0 Å². The largest absolute Gasteiger partial charge is 0.353 e. The van der Waals surface area contributed by atoms with Crippen LogP contribution >= 0.6 is 0 Å². The smallest absolute Gasteiger partial charge is 0.223 e. The van der Waals surface area contributed by atoms with E-state index in [1.54, 1.807) is 0 Å². The highest BCUT2D eigenvalue weighted by Crippen LogP contribution is 2.33. The second kappa shape index (κ2) is 3.69. The van der Waals surface area contributed by atoms with Gasteiger partial charge in [-0.15, -0.1) is 0 Å². The van der Waals surface area contributed by atoms with Gasteiger partial charge in [0.2, 0.25) is 5.91 Å². The molecule has 2 aliphatic rings. The van der Waals surface area contributed by atoms with Crippen molar-refractivity contribution in [3.05, 3.63) is 0 Å². The Bertz CT molecular complexity index is 192. The van der Waals surface area contributed by atoms with Crippen LogP contribution in [0.3, 0.4) is 0 Å². The molecule has 0 aromatic heterocycles. The molecule has 0 heterocycles. The average Bonchev–Trinajstić information content (AvgIpc) is 2.81. The highest BCUT2D eigenvalue weighted by atomic mass is 16.1. The van der Waals surface area contributed by atoms with Gasteiger partial charge in [-0.2, -0.15) is 0 Å². The zero-order valence-electron chi connectivity index (χ0n) is 8.38. The fraction of sp³-hybridized carbons (Fsp3) is 0.909. The molecule has 1 atom stereocenters. The van der Waals surface area contributed by atoms with Gasteiger partial charge in [0.05, 0.1) is 0 Å². The summed E-state index contributed by atoms with van der Waals surface area (Å²) in [5, 5.41) is 3.14. The molecule has 74 valence electrons. The highest BCUT2D eigenvalue weighted by Gasteiger charge is 2.31. The Kier molecular flexibility index (Phi) is 2.56. The second-order valence-electron chi connectivity index (χ2n) is 4.62. The van der Waals surface area contributed by atoms with Crippen molar-refractivity contribution in [1.29, 1.82) is 0 Å². The minimum atomic E-state index is 0.317. The van der Waals surface area contributed by atoms with Crippen molar-refractivity contribution in [2.75, 3.05) is 0 Å². The summed E-state index contributed by atoms with van der Waals surface area (Å²) in [6.45, 7) is 2.14. The summed E-state index contributed by atoms with van der Waals surface area (Å²) in [6, 6.07) is 0.424. The first-order valence-corrected chi connectivity index (χ1v) is 5.58. The van der Waals surface area contributed by atoms with E-state index >= 15 is 0 Å². The predicted octanol–water partition coefficient (Wildman–Crippen LogP) is 2.09. The maximum Gasteiger partial charge on any atom is 0.223 e. The third kappa shape index (κ3) is 2.23. The zero-order chi connectivity index (χ0) is 9.26. The van der Waals surface area contributed by atoms with Crippen molar-refractivity contribution in [3.8, 4) is 0 Å². The molecule has 13 heavy (non-hydrogen) atoms. The number of hydrogen-bond acceptors (Lipinski definition) is 1. The minimum Gasteiger partial charge on any atom is -0.353 e. The van der Waals surface area contributed by atoms with Gasteiger partial charge in [-0.3, -0.25) is 4.79 Å². The van der Waals surface area contributed by atoms with E-state index in [0.717, 1.165) is 18.8 Å². The summed E-state index contributed by atoms with van der Waals surface area (Å²) in [7, 11) is 0. The van der Waals surface area contributed by atoms with Crippen molar-refractivity contribution in [1.82, 2.24) is 5.32 Å². The zero-order valence-corrected chi connectivity index (χ0v) is 8.38. The molecule has 0 aromatic carbocycles. The van der Waals surface area contributed by atoms with E-state index in [9.17, 15) is 4.79 Å². The van der Waals surface area contributed by atoms with Gasteiger partial charge >= 0.3 is 0 Å². The predicted molar refractivity (Wildman–Crippen MR) is 52.3 cm³/mol. The van der Waals surface area contributed by atoms with E-state index in [1.807, 2.05) is 0 Å². The quantitative estimate of drug-likeness (QED) is 0.709. The standard InChI is InChI=1S/C11H19NO/c1-8(9-6-7-9)12-11(13)10-4-2-3-5-10/h8-10H,2-7H2,1H3,(H,12,13). The van der Waals surface area contributed by atoms with Gasteiger partial charge < -0.3 is 5.32 Å². The molecule has 0 saturated heterocycles. The van der Waals surface area contributed by atoms with Crippen LogP contribution in [0, 0.1) is 11.8 Å². The molecule has 0 bridgehead atoms. The molecule has 1 amide bonds. The maximum atomic E-state index is 11.7. The third-order valence-corrected chi connectivity index (χ3v) is 3.43. The van der Waals surface area contributed by atoms with Crippen LogP contribution < -0.4 is 5.32 Å². The molecule has 0 radical (unpaired) electrons. The Hall–Kier alpha value is -0.530. The number of amides is 1. The van der Waals surface area contributed by atoms with Gasteiger partial charge in [0.1, 0.15) is 0 Å². The minimum absolute atomic E-state index is 0.317. The Balaban J connectivity index is 1.76. The first-order chi connectivity index (χ1) is 6.27. The van der Waals surface area contributed by atoms with Crippen molar-refractivity contribution < 1.29 is 4.79 Å². The molecule has 2 nitrogen and oxygen atoms in total. The molecular weight excluding hydrogens is 162 g/mol. The number of carbonyl (C=O) groups is 1. The Morgan fingerprint density at radius 3 is 2.38 bits per heavy atom. The molecule has 0 aromatic rings. The second-order valence-corrected chi connectivity index (χ2v) is 4.62. The van der Waals surface area contributed by atoms with Crippen molar-refractivity contribution in [3.63, 3.8) is 0 Å². The topological polar surface area (TPSA) is 29.1 Å². The molecule has 1 N–H and O–H groups in total. The monoisotopic (exact) mass is 181 g/mol. The summed E-state index contributed by atoms with van der Waals surface area (Å²) in [6.07, 6.45) is 7.34. The van der Waals surface area contributed by atoms with Crippen LogP contribution in [0.4, 0.5) is 0 Å². The lowest BCUT2D eigenvalue weighted by Crippen LogP contribution is -2.37. The molecular formula is C11H19NO. The highest BCUT2D eigenvalue weighted by molar-refractivity contribution is 5.79. The fourth-order valence-corrected chi connectivity index (χ4v) is 2.24. The van der Waals surface area contributed by atoms with E-state index in [4.69, 9.17) is 0 Å². The van der Waals surface area contributed by atoms with Crippen molar-refractivity contribution in [2.24, 2.45) is 11.8 Å². The lowest BCUT2D eigenvalue weighted by molar-refractivity contribution is -0.125. The average molecular weight is 181 g/mol. The summed E-state index contributed by atoms with van der Waals surface area (Å²) >= 11 is 0. The Morgan fingerprint density at radius 2 is 1.85 bits per heavy atom. The summed E-state index contributed by atoms with van der Waals surface area (Å²) in [4.78, 5) is 11.7. The van der Waals surface area contributed by atoms with Crippen LogP contribution in [0.5, 0.6) is 0 Å². The van der Waals surface area contributed by atoms with E-state index in [0.29, 0.717) is 17.9 Å². The van der Waals surface area contributed by atoms with E-state index in [2.05, 4.69) is 12.2 Å². The third-order valence-electron chi connectivity index (χ3n) is 3.43. The van der Waals surface area contributed by atoms with Gasteiger partial charge in [0.25, 0.3) is 0 Å². The van der Waals surface area contributed by atoms with Crippen molar-refractivity contribution in [2.45, 2.75) is 51.5 Å². The first-order valence-electron chi connectivity index (χ1n) is 5.58. The molecule has 2 aliphatic carbocycles. The fourth-order valence-electron chi connectivity index (χ4n) is 2.24. The van der Waals surface area contributed by atoms with Gasteiger partial charge in [-0.1, -0.05) is 12.8 Å². The van der Waals surface area contributed by atoms with Crippen molar-refractivity contribution >= 4 is 5.91 Å². The van der Waals surface area contributed by atoms with E-state index in [-0.39, 0.29) is 0 Å². The SMILES string of the molecule is CC(NC(=O)C1CCCC1)C1CC1. The molecule has 0 aliphatic heterocycles. The van der Waals surface area contributed by atoms with Gasteiger partial charge in [-0.05, 0) is 38.5 Å². The Morgan fingerprint density at radius 1 is 1.23 bits per heavy atom. The number of hydrogen-bond donors (Lipinski definition) is 1. The molecule has 2 saturated carbocycles. The number of rotatable bonds is 3. The lowest BCUT2D eigenvalue weighted by Gasteiger charge is -2.16. The van der Waals surface area contributed by atoms with Crippen LogP contribution in [0.1, 0.15) is 45.4 Å². The number of carbonyl (C=O) groups excluding carboxylic acids is 1. The van der Waals surface area contributed by atoms with Crippen LogP contribution in [-0.2, 0) is 4.79 Å². The normalized spacial score (nSPS) is 25.9.